The molecule has 1 amide bonds. The molecule has 78 valence electrons. The average molecular weight is 205 g/mol. The van der Waals surface area contributed by atoms with Gasteiger partial charge in [-0.15, -0.1) is 0 Å². The van der Waals surface area contributed by atoms with Crippen LogP contribution in [0.3, 0.4) is 0 Å². The lowest BCUT2D eigenvalue weighted by Gasteiger charge is -2.31. The second-order valence-electron chi connectivity index (χ2n) is 3.60. The van der Waals surface area contributed by atoms with Crippen molar-refractivity contribution in [2.24, 2.45) is 0 Å². The lowest BCUT2D eigenvalue weighted by Crippen LogP contribution is -2.44. The minimum atomic E-state index is -0.948. The Morgan fingerprint density at radius 3 is 2.67 bits per heavy atom. The van der Waals surface area contributed by atoms with Crippen molar-refractivity contribution in [1.29, 1.82) is 0 Å². The van der Waals surface area contributed by atoms with Gasteiger partial charge in [0.1, 0.15) is 6.04 Å². The number of carbonyl (C=O) groups excluding carboxylic acids is 1. The predicted octanol–water partition coefficient (Wildman–Crippen LogP) is 0.654. The molecule has 1 N–H and O–H groups in total. The number of carboxylic acids is 1. The maximum absolute atomic E-state index is 10.9. The Bertz CT molecular complexity index is 403. The van der Waals surface area contributed by atoms with Gasteiger partial charge in [-0.25, -0.2) is 4.79 Å². The maximum atomic E-state index is 10.9. The highest BCUT2D eigenvalue weighted by Gasteiger charge is 2.29. The molecule has 0 radical (unpaired) electrons. The summed E-state index contributed by atoms with van der Waals surface area (Å²) in [6, 6.07) is 6.88. The Balaban J connectivity index is 2.34. The molecule has 1 aromatic carbocycles. The van der Waals surface area contributed by atoms with Gasteiger partial charge in [0, 0.05) is 13.0 Å². The molecule has 1 aliphatic rings. The zero-order valence-electron chi connectivity index (χ0n) is 8.09. The van der Waals surface area contributed by atoms with Crippen molar-refractivity contribution < 1.29 is 14.7 Å². The first kappa shape index (κ1) is 9.71. The predicted molar refractivity (Wildman–Crippen MR) is 53.2 cm³/mol. The molecule has 1 heterocycles. The van der Waals surface area contributed by atoms with Crippen LogP contribution >= 0.6 is 0 Å². The monoisotopic (exact) mass is 205 g/mol. The molecular weight excluding hydrogens is 194 g/mol. The van der Waals surface area contributed by atoms with Crippen LogP contribution in [0.25, 0.3) is 0 Å². The number of fused-ring (bicyclic) bond motifs is 1. The van der Waals surface area contributed by atoms with Crippen molar-refractivity contribution in [2.75, 3.05) is 0 Å². The van der Waals surface area contributed by atoms with Gasteiger partial charge in [0.15, 0.2) is 0 Å². The molecule has 0 saturated heterocycles. The van der Waals surface area contributed by atoms with E-state index in [1.165, 1.54) is 4.90 Å². The van der Waals surface area contributed by atoms with Gasteiger partial charge in [-0.1, -0.05) is 24.3 Å². The number of amides is 1. The third-order valence-corrected chi connectivity index (χ3v) is 2.71. The first-order valence-electron chi connectivity index (χ1n) is 4.73. The second-order valence-corrected chi connectivity index (χ2v) is 3.60. The third kappa shape index (κ3) is 1.70. The molecular formula is C11H11NO3. The summed E-state index contributed by atoms with van der Waals surface area (Å²) in [5.41, 5.74) is 2.05. The molecule has 1 unspecified atom stereocenters. The number of rotatable bonds is 2. The zero-order valence-corrected chi connectivity index (χ0v) is 8.09. The van der Waals surface area contributed by atoms with Gasteiger partial charge in [0.05, 0.1) is 0 Å². The summed E-state index contributed by atoms with van der Waals surface area (Å²) in [5.74, 6) is -0.948. The number of nitrogens with zero attached hydrogens (tertiary/aromatic N) is 1. The summed E-state index contributed by atoms with van der Waals surface area (Å²) in [4.78, 5) is 23.0. The highest BCUT2D eigenvalue weighted by atomic mass is 16.4. The largest absolute Gasteiger partial charge is 0.480 e. The van der Waals surface area contributed by atoms with Crippen molar-refractivity contribution in [3.05, 3.63) is 35.4 Å². The Morgan fingerprint density at radius 1 is 1.40 bits per heavy atom. The third-order valence-electron chi connectivity index (χ3n) is 2.71. The molecule has 15 heavy (non-hydrogen) atoms. The fraction of sp³-hybridized carbons (Fsp3) is 0.273. The average Bonchev–Trinajstić information content (AvgIpc) is 2.27. The van der Waals surface area contributed by atoms with Gasteiger partial charge >= 0.3 is 5.97 Å². The molecule has 2 rings (SSSR count). The zero-order chi connectivity index (χ0) is 10.8. The fourth-order valence-electron chi connectivity index (χ4n) is 1.88. The Labute approximate surface area is 87.1 Å². The minimum absolute atomic E-state index is 0.386. The summed E-state index contributed by atoms with van der Waals surface area (Å²) in [6.45, 7) is 0.386. The lowest BCUT2D eigenvalue weighted by molar-refractivity contribution is -0.147. The van der Waals surface area contributed by atoms with Crippen molar-refractivity contribution in [2.45, 2.75) is 19.0 Å². The van der Waals surface area contributed by atoms with Gasteiger partial charge in [0.25, 0.3) is 0 Å². The van der Waals surface area contributed by atoms with E-state index in [2.05, 4.69) is 0 Å². The number of carbonyl (C=O) groups is 2. The van der Waals surface area contributed by atoms with Gasteiger partial charge in [-0.05, 0) is 11.1 Å². The molecule has 0 fully saturated rings. The molecule has 4 nitrogen and oxygen atoms in total. The molecule has 0 aromatic heterocycles. The first-order valence-corrected chi connectivity index (χ1v) is 4.73. The summed E-state index contributed by atoms with van der Waals surface area (Å²) in [6.07, 6.45) is 0.999. The van der Waals surface area contributed by atoms with Crippen LogP contribution in [0, 0.1) is 0 Å². The van der Waals surface area contributed by atoms with Crippen LogP contribution in [-0.4, -0.2) is 28.4 Å². The van der Waals surface area contributed by atoms with E-state index in [1.807, 2.05) is 24.3 Å². The van der Waals surface area contributed by atoms with Gasteiger partial charge in [-0.2, -0.15) is 0 Å². The van der Waals surface area contributed by atoms with E-state index in [1.54, 1.807) is 0 Å². The molecule has 1 aromatic rings. The molecule has 0 aliphatic carbocycles. The van der Waals surface area contributed by atoms with Crippen molar-refractivity contribution >= 4 is 12.4 Å². The van der Waals surface area contributed by atoms with Crippen molar-refractivity contribution in [1.82, 2.24) is 4.90 Å². The van der Waals surface area contributed by atoms with E-state index < -0.39 is 12.0 Å². The molecule has 0 saturated carbocycles. The van der Waals surface area contributed by atoms with E-state index in [0.717, 1.165) is 11.1 Å². The van der Waals surface area contributed by atoms with E-state index >= 15 is 0 Å². The Kier molecular flexibility index (Phi) is 2.41. The van der Waals surface area contributed by atoms with Crippen LogP contribution in [-0.2, 0) is 22.6 Å². The van der Waals surface area contributed by atoms with Crippen LogP contribution in [0.4, 0.5) is 0 Å². The highest BCUT2D eigenvalue weighted by molar-refractivity contribution is 5.77. The van der Waals surface area contributed by atoms with Crippen LogP contribution in [0.2, 0.25) is 0 Å². The molecule has 1 aliphatic heterocycles. The van der Waals surface area contributed by atoms with E-state index in [-0.39, 0.29) is 0 Å². The number of aliphatic carboxylic acids is 1. The summed E-state index contributed by atoms with van der Waals surface area (Å²) >= 11 is 0. The summed E-state index contributed by atoms with van der Waals surface area (Å²) in [7, 11) is 0. The first-order chi connectivity index (χ1) is 7.22. The topological polar surface area (TPSA) is 57.6 Å². The van der Waals surface area contributed by atoms with Crippen molar-refractivity contribution in [3.8, 4) is 0 Å². The van der Waals surface area contributed by atoms with Crippen LogP contribution < -0.4 is 0 Å². The van der Waals surface area contributed by atoms with E-state index in [4.69, 9.17) is 5.11 Å². The van der Waals surface area contributed by atoms with E-state index in [9.17, 15) is 9.59 Å². The fourth-order valence-corrected chi connectivity index (χ4v) is 1.88. The van der Waals surface area contributed by atoms with Crippen molar-refractivity contribution in [3.63, 3.8) is 0 Å². The standard InChI is InChI=1S/C11H11NO3/c13-7-12-6-9-4-2-1-3-8(9)5-10(12)11(14)15/h1-4,7,10H,5-6H2,(H,14,15). The lowest BCUT2D eigenvalue weighted by atomic mass is 9.94. The SMILES string of the molecule is O=CN1Cc2ccccc2CC1C(=O)O. The Morgan fingerprint density at radius 2 is 2.07 bits per heavy atom. The smallest absolute Gasteiger partial charge is 0.326 e. The van der Waals surface area contributed by atoms with Crippen LogP contribution in [0.15, 0.2) is 24.3 Å². The number of carboxylic acid groups (broad SMARTS) is 1. The number of benzene rings is 1. The minimum Gasteiger partial charge on any atom is -0.480 e. The molecule has 4 heteroatoms. The number of hydrogen-bond acceptors (Lipinski definition) is 2. The summed E-state index contributed by atoms with van der Waals surface area (Å²) < 4.78 is 0. The van der Waals surface area contributed by atoms with Crippen LogP contribution in [0.1, 0.15) is 11.1 Å². The molecule has 0 spiro atoms. The summed E-state index contributed by atoms with van der Waals surface area (Å²) in [5, 5.41) is 8.96. The van der Waals surface area contributed by atoms with Gasteiger partial charge in [-0.3, -0.25) is 4.79 Å². The quantitative estimate of drug-likeness (QED) is 0.721. The normalized spacial score (nSPS) is 19.5. The van der Waals surface area contributed by atoms with Crippen LogP contribution in [0.5, 0.6) is 0 Å². The van der Waals surface area contributed by atoms with E-state index in [0.29, 0.717) is 19.4 Å². The molecule has 0 bridgehead atoms. The highest BCUT2D eigenvalue weighted by Crippen LogP contribution is 2.21. The molecule has 1 atom stereocenters. The van der Waals surface area contributed by atoms with Gasteiger partial charge < -0.3 is 10.0 Å². The Hall–Kier alpha value is -1.84. The second kappa shape index (κ2) is 3.73. The van der Waals surface area contributed by atoms with Gasteiger partial charge in [0.2, 0.25) is 6.41 Å². The maximum Gasteiger partial charge on any atom is 0.326 e. The number of hydrogen-bond donors (Lipinski definition) is 1.